The fourth-order valence-electron chi connectivity index (χ4n) is 1.47. The van der Waals surface area contributed by atoms with Gasteiger partial charge >= 0.3 is 6.18 Å². The van der Waals surface area contributed by atoms with Crippen molar-refractivity contribution in [2.24, 2.45) is 5.92 Å². The van der Waals surface area contributed by atoms with Crippen molar-refractivity contribution in [2.45, 2.75) is 19.5 Å². The van der Waals surface area contributed by atoms with Crippen molar-refractivity contribution in [3.8, 4) is 0 Å². The van der Waals surface area contributed by atoms with Gasteiger partial charge in [0.2, 0.25) is 0 Å². The van der Waals surface area contributed by atoms with Gasteiger partial charge in [0.25, 0.3) is 5.91 Å². The quantitative estimate of drug-likeness (QED) is 0.824. The van der Waals surface area contributed by atoms with Gasteiger partial charge in [-0.05, 0) is 36.6 Å². The molecule has 0 saturated heterocycles. The summed E-state index contributed by atoms with van der Waals surface area (Å²) in [6.07, 6.45) is -3.61. The van der Waals surface area contributed by atoms with Crippen molar-refractivity contribution in [1.29, 1.82) is 0 Å². The molecule has 6 heteroatoms. The van der Waals surface area contributed by atoms with E-state index in [2.05, 4.69) is 5.32 Å². The first-order chi connectivity index (χ1) is 8.84. The highest BCUT2D eigenvalue weighted by Gasteiger charge is 2.30. The summed E-state index contributed by atoms with van der Waals surface area (Å²) in [6, 6.07) is 4.14. The van der Waals surface area contributed by atoms with Crippen LogP contribution in [0.1, 0.15) is 29.3 Å². The fourth-order valence-corrected chi connectivity index (χ4v) is 1.84. The molecule has 1 amide bonds. The van der Waals surface area contributed by atoms with Gasteiger partial charge in [0.05, 0.1) is 5.56 Å². The lowest BCUT2D eigenvalue weighted by atomic mass is 10.1. The number of halogens is 4. The molecule has 0 aliphatic rings. The summed E-state index contributed by atoms with van der Waals surface area (Å²) < 4.78 is 37.0. The van der Waals surface area contributed by atoms with Gasteiger partial charge in [-0.15, -0.1) is 11.6 Å². The molecule has 0 heterocycles. The van der Waals surface area contributed by atoms with Gasteiger partial charge in [-0.1, -0.05) is 6.92 Å². The van der Waals surface area contributed by atoms with Crippen molar-refractivity contribution in [2.75, 3.05) is 12.4 Å². The van der Waals surface area contributed by atoms with Crippen LogP contribution in [0.3, 0.4) is 0 Å². The number of amides is 1. The van der Waals surface area contributed by atoms with Crippen LogP contribution in [0.15, 0.2) is 24.3 Å². The van der Waals surface area contributed by atoms with Gasteiger partial charge in [-0.25, -0.2) is 0 Å². The van der Waals surface area contributed by atoms with Gasteiger partial charge in [0, 0.05) is 18.0 Å². The van der Waals surface area contributed by atoms with E-state index in [4.69, 9.17) is 11.6 Å². The Kier molecular flexibility index (Phi) is 5.66. The third kappa shape index (κ3) is 5.11. The highest BCUT2D eigenvalue weighted by Crippen LogP contribution is 2.29. The molecule has 0 bridgehead atoms. The first-order valence-electron chi connectivity index (χ1n) is 5.86. The van der Waals surface area contributed by atoms with E-state index in [1.165, 1.54) is 12.1 Å². The molecule has 1 rings (SSSR count). The van der Waals surface area contributed by atoms with Crippen LogP contribution in [0.4, 0.5) is 13.2 Å². The SMILES string of the molecule is CC(CCCl)CNC(=O)c1ccc(C(F)(F)F)cc1. The number of hydrogen-bond acceptors (Lipinski definition) is 1. The molecule has 0 fully saturated rings. The lowest BCUT2D eigenvalue weighted by Crippen LogP contribution is -2.28. The monoisotopic (exact) mass is 293 g/mol. The maximum atomic E-state index is 12.3. The van der Waals surface area contributed by atoms with Crippen LogP contribution in [0.25, 0.3) is 0 Å². The van der Waals surface area contributed by atoms with E-state index in [0.29, 0.717) is 12.4 Å². The topological polar surface area (TPSA) is 29.1 Å². The van der Waals surface area contributed by atoms with Crippen LogP contribution in [-0.2, 0) is 6.18 Å². The van der Waals surface area contributed by atoms with Crippen LogP contribution in [0.5, 0.6) is 0 Å². The Balaban J connectivity index is 2.59. The smallest absolute Gasteiger partial charge is 0.352 e. The van der Waals surface area contributed by atoms with E-state index in [9.17, 15) is 18.0 Å². The van der Waals surface area contributed by atoms with E-state index in [0.717, 1.165) is 18.6 Å². The van der Waals surface area contributed by atoms with Crippen molar-refractivity contribution in [3.63, 3.8) is 0 Å². The molecule has 0 aliphatic carbocycles. The molecular formula is C13H15ClF3NO. The van der Waals surface area contributed by atoms with E-state index >= 15 is 0 Å². The molecule has 2 nitrogen and oxygen atoms in total. The Hall–Kier alpha value is -1.23. The van der Waals surface area contributed by atoms with Gasteiger partial charge < -0.3 is 5.32 Å². The minimum absolute atomic E-state index is 0.214. The number of rotatable bonds is 5. The predicted molar refractivity (Wildman–Crippen MR) is 68.3 cm³/mol. The Morgan fingerprint density at radius 1 is 1.32 bits per heavy atom. The number of carbonyl (C=O) groups excluding carboxylic acids is 1. The summed E-state index contributed by atoms with van der Waals surface area (Å²) in [7, 11) is 0. The number of carbonyl (C=O) groups is 1. The van der Waals surface area contributed by atoms with Gasteiger partial charge in [0.15, 0.2) is 0 Å². The van der Waals surface area contributed by atoms with E-state index in [1.807, 2.05) is 6.92 Å². The molecule has 1 aromatic rings. The third-order valence-electron chi connectivity index (χ3n) is 2.69. The molecule has 1 unspecified atom stereocenters. The molecule has 0 radical (unpaired) electrons. The Labute approximate surface area is 114 Å². The minimum Gasteiger partial charge on any atom is -0.352 e. The molecule has 0 saturated carbocycles. The number of alkyl halides is 4. The Morgan fingerprint density at radius 3 is 2.37 bits per heavy atom. The van der Waals surface area contributed by atoms with Gasteiger partial charge in [-0.3, -0.25) is 4.79 Å². The molecule has 0 spiro atoms. The number of nitrogens with one attached hydrogen (secondary N) is 1. The Bertz CT molecular complexity index is 417. The second-order valence-electron chi connectivity index (χ2n) is 4.37. The third-order valence-corrected chi connectivity index (χ3v) is 2.91. The second kappa shape index (κ2) is 6.80. The normalized spacial score (nSPS) is 13.1. The molecular weight excluding hydrogens is 279 g/mol. The van der Waals surface area contributed by atoms with Crippen LogP contribution in [0, 0.1) is 5.92 Å². The molecule has 1 atom stereocenters. The summed E-state index contributed by atoms with van der Waals surface area (Å²) in [6.45, 7) is 2.39. The molecule has 106 valence electrons. The molecule has 0 aliphatic heterocycles. The minimum atomic E-state index is -4.39. The summed E-state index contributed by atoms with van der Waals surface area (Å²) >= 11 is 5.57. The Morgan fingerprint density at radius 2 is 1.89 bits per heavy atom. The second-order valence-corrected chi connectivity index (χ2v) is 4.75. The molecule has 19 heavy (non-hydrogen) atoms. The zero-order valence-electron chi connectivity index (χ0n) is 10.4. The maximum Gasteiger partial charge on any atom is 0.416 e. The molecule has 1 N–H and O–H groups in total. The summed E-state index contributed by atoms with van der Waals surface area (Å²) in [5, 5.41) is 2.66. The first kappa shape index (κ1) is 15.8. The lowest BCUT2D eigenvalue weighted by molar-refractivity contribution is -0.137. The summed E-state index contributed by atoms with van der Waals surface area (Å²) in [5.41, 5.74) is -0.550. The number of hydrogen-bond donors (Lipinski definition) is 1. The van der Waals surface area contributed by atoms with Gasteiger partial charge in [0.1, 0.15) is 0 Å². The van der Waals surface area contributed by atoms with Crippen LogP contribution in [-0.4, -0.2) is 18.3 Å². The largest absolute Gasteiger partial charge is 0.416 e. The van der Waals surface area contributed by atoms with Crippen molar-refractivity contribution in [1.82, 2.24) is 5.32 Å². The van der Waals surface area contributed by atoms with Gasteiger partial charge in [-0.2, -0.15) is 13.2 Å². The highest BCUT2D eigenvalue weighted by atomic mass is 35.5. The fraction of sp³-hybridized carbons (Fsp3) is 0.462. The van der Waals surface area contributed by atoms with Crippen molar-refractivity contribution >= 4 is 17.5 Å². The zero-order chi connectivity index (χ0) is 14.5. The lowest BCUT2D eigenvalue weighted by Gasteiger charge is -2.11. The maximum absolute atomic E-state index is 12.3. The van der Waals surface area contributed by atoms with Crippen LogP contribution < -0.4 is 5.32 Å². The van der Waals surface area contributed by atoms with Crippen molar-refractivity contribution < 1.29 is 18.0 Å². The standard InChI is InChI=1S/C13H15ClF3NO/c1-9(6-7-14)8-18-12(19)10-2-4-11(5-3-10)13(15,16)17/h2-5,9H,6-8H2,1H3,(H,18,19). The van der Waals surface area contributed by atoms with Crippen LogP contribution >= 0.6 is 11.6 Å². The number of benzene rings is 1. The van der Waals surface area contributed by atoms with Crippen molar-refractivity contribution in [3.05, 3.63) is 35.4 Å². The summed E-state index contributed by atoms with van der Waals surface area (Å²) in [5.74, 6) is 0.364. The highest BCUT2D eigenvalue weighted by molar-refractivity contribution is 6.17. The average molecular weight is 294 g/mol. The van der Waals surface area contributed by atoms with E-state index < -0.39 is 11.7 Å². The molecule has 0 aromatic heterocycles. The van der Waals surface area contributed by atoms with E-state index in [-0.39, 0.29) is 17.4 Å². The predicted octanol–water partition coefficient (Wildman–Crippen LogP) is 3.70. The van der Waals surface area contributed by atoms with E-state index in [1.54, 1.807) is 0 Å². The zero-order valence-corrected chi connectivity index (χ0v) is 11.2. The average Bonchev–Trinajstić information content (AvgIpc) is 2.35. The first-order valence-corrected chi connectivity index (χ1v) is 6.39. The summed E-state index contributed by atoms with van der Waals surface area (Å²) in [4.78, 5) is 11.7. The molecule has 1 aromatic carbocycles. The van der Waals surface area contributed by atoms with Crippen LogP contribution in [0.2, 0.25) is 0 Å².